The third kappa shape index (κ3) is 2.56. The van der Waals surface area contributed by atoms with Crippen molar-refractivity contribution in [2.75, 3.05) is 13.1 Å². The van der Waals surface area contributed by atoms with Crippen molar-refractivity contribution in [3.63, 3.8) is 0 Å². The fourth-order valence-electron chi connectivity index (χ4n) is 1.74. The first-order valence-electron chi connectivity index (χ1n) is 5.42. The monoisotopic (exact) mass is 279 g/mol. The van der Waals surface area contributed by atoms with Crippen molar-refractivity contribution in [1.29, 1.82) is 0 Å². The number of carbonyl (C=O) groups is 1. The largest absolute Gasteiger partial charge is 0.412 e. The van der Waals surface area contributed by atoms with Gasteiger partial charge in [0, 0.05) is 13.1 Å². The highest BCUT2D eigenvalue weighted by atomic mass is 19.4. The lowest BCUT2D eigenvalue weighted by Gasteiger charge is -2.38. The molecule has 0 spiro atoms. The van der Waals surface area contributed by atoms with Gasteiger partial charge in [0.15, 0.2) is 0 Å². The van der Waals surface area contributed by atoms with Crippen molar-refractivity contribution in [3.8, 4) is 0 Å². The molecule has 0 aliphatic rings. The van der Waals surface area contributed by atoms with Gasteiger partial charge in [0.05, 0.1) is 0 Å². The van der Waals surface area contributed by atoms with Crippen molar-refractivity contribution < 1.29 is 31.1 Å². The number of hydrogen-bond acceptors (Lipinski definition) is 1. The van der Waals surface area contributed by atoms with E-state index in [1.807, 2.05) is 0 Å². The fourth-order valence-corrected chi connectivity index (χ4v) is 1.74. The number of carbonyl (C=O) groups excluding carboxylic acids is 1. The van der Waals surface area contributed by atoms with E-state index in [-0.39, 0.29) is 13.1 Å². The zero-order valence-corrected chi connectivity index (χ0v) is 10.2. The number of alkyl halides is 6. The van der Waals surface area contributed by atoms with Crippen LogP contribution in [0.2, 0.25) is 0 Å². The number of rotatable bonds is 4. The zero-order valence-electron chi connectivity index (χ0n) is 10.2. The molecule has 0 aliphatic carbocycles. The van der Waals surface area contributed by atoms with Gasteiger partial charge in [-0.1, -0.05) is 6.92 Å². The summed E-state index contributed by atoms with van der Waals surface area (Å²) in [7, 11) is 0. The maximum Gasteiger partial charge on any atom is 0.412 e. The molecule has 0 N–H and O–H groups in total. The molecule has 108 valence electrons. The Morgan fingerprint density at radius 3 is 1.39 bits per heavy atom. The summed E-state index contributed by atoms with van der Waals surface area (Å²) in [5, 5.41) is 0. The lowest BCUT2D eigenvalue weighted by atomic mass is 9.81. The molecular formula is C10H15F6NO. The second kappa shape index (κ2) is 5.36. The van der Waals surface area contributed by atoms with E-state index >= 15 is 0 Å². The van der Waals surface area contributed by atoms with Crippen molar-refractivity contribution >= 4 is 5.91 Å². The minimum Gasteiger partial charge on any atom is -0.342 e. The van der Waals surface area contributed by atoms with Gasteiger partial charge in [0.1, 0.15) is 0 Å². The van der Waals surface area contributed by atoms with Crippen LogP contribution in [-0.4, -0.2) is 36.2 Å². The zero-order chi connectivity index (χ0) is 14.8. The second-order valence-electron chi connectivity index (χ2n) is 3.73. The standard InChI is InChI=1S/C10H15F6NO/c1-4-8(9(11,12)13,10(14,15)16)7(18)17(5-2)6-3/h4-6H2,1-3H3. The van der Waals surface area contributed by atoms with E-state index in [9.17, 15) is 31.1 Å². The van der Waals surface area contributed by atoms with E-state index in [4.69, 9.17) is 0 Å². The summed E-state index contributed by atoms with van der Waals surface area (Å²) in [6, 6.07) is 0. The third-order valence-electron chi connectivity index (χ3n) is 2.91. The summed E-state index contributed by atoms with van der Waals surface area (Å²) in [6.07, 6.45) is -12.7. The molecule has 0 aromatic heterocycles. The maximum atomic E-state index is 12.8. The normalized spacial score (nSPS) is 13.6. The second-order valence-corrected chi connectivity index (χ2v) is 3.73. The van der Waals surface area contributed by atoms with Gasteiger partial charge in [-0.15, -0.1) is 0 Å². The Labute approximate surface area is 101 Å². The van der Waals surface area contributed by atoms with Crippen molar-refractivity contribution in [3.05, 3.63) is 0 Å². The molecule has 0 unspecified atom stereocenters. The average Bonchev–Trinajstić information content (AvgIpc) is 2.16. The Balaban J connectivity index is 5.84. The average molecular weight is 279 g/mol. The molecule has 0 atom stereocenters. The Morgan fingerprint density at radius 2 is 1.22 bits per heavy atom. The number of amides is 1. The van der Waals surface area contributed by atoms with Gasteiger partial charge < -0.3 is 4.90 Å². The quantitative estimate of drug-likeness (QED) is 0.722. The van der Waals surface area contributed by atoms with Crippen LogP contribution in [0.25, 0.3) is 0 Å². The minimum atomic E-state index is -5.67. The highest BCUT2D eigenvalue weighted by molar-refractivity contribution is 5.84. The van der Waals surface area contributed by atoms with E-state index in [0.29, 0.717) is 11.8 Å². The van der Waals surface area contributed by atoms with Crippen LogP contribution >= 0.6 is 0 Å². The van der Waals surface area contributed by atoms with E-state index < -0.39 is 30.1 Å². The van der Waals surface area contributed by atoms with Crippen LogP contribution in [0.15, 0.2) is 0 Å². The first kappa shape index (κ1) is 17.1. The highest BCUT2D eigenvalue weighted by Crippen LogP contribution is 2.53. The molecule has 0 bridgehead atoms. The van der Waals surface area contributed by atoms with Crippen molar-refractivity contribution in [1.82, 2.24) is 4.90 Å². The topological polar surface area (TPSA) is 20.3 Å². The van der Waals surface area contributed by atoms with Crippen LogP contribution in [0.5, 0.6) is 0 Å². The van der Waals surface area contributed by atoms with Crippen LogP contribution in [0, 0.1) is 5.41 Å². The van der Waals surface area contributed by atoms with Gasteiger partial charge in [-0.25, -0.2) is 0 Å². The molecule has 2 nitrogen and oxygen atoms in total. The molecule has 18 heavy (non-hydrogen) atoms. The summed E-state index contributed by atoms with van der Waals surface area (Å²) in [5.41, 5.74) is -4.31. The predicted octanol–water partition coefficient (Wildman–Crippen LogP) is 3.38. The van der Waals surface area contributed by atoms with Gasteiger partial charge in [-0.05, 0) is 20.3 Å². The number of nitrogens with zero attached hydrogens (tertiary/aromatic N) is 1. The molecule has 0 radical (unpaired) electrons. The van der Waals surface area contributed by atoms with Gasteiger partial charge >= 0.3 is 12.4 Å². The van der Waals surface area contributed by atoms with Crippen LogP contribution in [-0.2, 0) is 4.79 Å². The van der Waals surface area contributed by atoms with E-state index in [0.717, 1.165) is 0 Å². The molecular weight excluding hydrogens is 264 g/mol. The molecule has 0 aromatic rings. The summed E-state index contributed by atoms with van der Waals surface area (Å²) in [5.74, 6) is -1.94. The molecule has 0 saturated heterocycles. The number of hydrogen-bond donors (Lipinski definition) is 0. The van der Waals surface area contributed by atoms with Crippen molar-refractivity contribution in [2.24, 2.45) is 5.41 Å². The molecule has 0 rings (SSSR count). The van der Waals surface area contributed by atoms with Gasteiger partial charge in [0.25, 0.3) is 0 Å². The number of halogens is 6. The summed E-state index contributed by atoms with van der Waals surface area (Å²) in [6.45, 7) is 2.96. The summed E-state index contributed by atoms with van der Waals surface area (Å²) >= 11 is 0. The summed E-state index contributed by atoms with van der Waals surface area (Å²) in [4.78, 5) is 12.2. The van der Waals surface area contributed by atoms with Gasteiger partial charge in [-0.3, -0.25) is 4.79 Å². The molecule has 0 fully saturated rings. The van der Waals surface area contributed by atoms with Crippen LogP contribution < -0.4 is 0 Å². The first-order valence-corrected chi connectivity index (χ1v) is 5.42. The smallest absolute Gasteiger partial charge is 0.342 e. The predicted molar refractivity (Wildman–Crippen MR) is 52.8 cm³/mol. The molecule has 0 aromatic carbocycles. The van der Waals surface area contributed by atoms with Crippen LogP contribution in [0.4, 0.5) is 26.3 Å². The SMILES string of the molecule is CCN(CC)C(=O)C(CC)(C(F)(F)F)C(F)(F)F. The lowest BCUT2D eigenvalue weighted by molar-refractivity contribution is -0.329. The highest BCUT2D eigenvalue weighted by Gasteiger charge is 2.74. The van der Waals surface area contributed by atoms with Crippen LogP contribution in [0.3, 0.4) is 0 Å². The van der Waals surface area contributed by atoms with E-state index in [1.165, 1.54) is 13.8 Å². The Bertz CT molecular complexity index is 278. The molecule has 0 aliphatic heterocycles. The Hall–Kier alpha value is -0.950. The Kier molecular flexibility index (Phi) is 5.07. The van der Waals surface area contributed by atoms with Crippen LogP contribution in [0.1, 0.15) is 27.2 Å². The maximum absolute atomic E-state index is 12.8. The third-order valence-corrected chi connectivity index (χ3v) is 2.91. The first-order chi connectivity index (χ1) is 7.99. The van der Waals surface area contributed by atoms with E-state index in [2.05, 4.69) is 0 Å². The van der Waals surface area contributed by atoms with Crippen molar-refractivity contribution in [2.45, 2.75) is 39.5 Å². The molecule has 0 saturated carbocycles. The molecule has 0 heterocycles. The minimum absolute atomic E-state index is 0.205. The lowest BCUT2D eigenvalue weighted by Crippen LogP contribution is -2.60. The van der Waals surface area contributed by atoms with Gasteiger partial charge in [-0.2, -0.15) is 26.3 Å². The Morgan fingerprint density at radius 1 is 0.889 bits per heavy atom. The van der Waals surface area contributed by atoms with E-state index in [1.54, 1.807) is 0 Å². The summed E-state index contributed by atoms with van der Waals surface area (Å²) < 4.78 is 76.7. The molecule has 8 heteroatoms. The molecule has 1 amide bonds. The fraction of sp³-hybridized carbons (Fsp3) is 0.900. The van der Waals surface area contributed by atoms with Gasteiger partial charge in [0.2, 0.25) is 11.3 Å².